The summed E-state index contributed by atoms with van der Waals surface area (Å²) in [6, 6.07) is 28.3. The number of anilines is 1. The molecule has 0 N–H and O–H groups in total. The van der Waals surface area contributed by atoms with Crippen LogP contribution < -0.4 is 4.90 Å². The van der Waals surface area contributed by atoms with Gasteiger partial charge in [0, 0.05) is 28.4 Å². The average Bonchev–Trinajstić information content (AvgIpc) is 2.98. The molecule has 0 radical (unpaired) electrons. The van der Waals surface area contributed by atoms with Gasteiger partial charge in [0.15, 0.2) is 6.04 Å². The molecule has 2 aliphatic rings. The first kappa shape index (κ1) is 16.9. The van der Waals surface area contributed by atoms with E-state index in [0.717, 1.165) is 40.9 Å². The number of aliphatic imine (C=N–C) groups is 1. The first-order chi connectivity index (χ1) is 13.8. The van der Waals surface area contributed by atoms with E-state index in [1.165, 1.54) is 6.42 Å². The van der Waals surface area contributed by atoms with Crippen molar-refractivity contribution in [2.45, 2.75) is 31.3 Å². The lowest BCUT2D eigenvalue weighted by molar-refractivity contribution is -0.119. The van der Waals surface area contributed by atoms with E-state index < -0.39 is 6.04 Å². The van der Waals surface area contributed by atoms with Crippen LogP contribution >= 0.6 is 0 Å². The fourth-order valence-corrected chi connectivity index (χ4v) is 4.10. The molecule has 1 heterocycles. The Morgan fingerprint density at radius 1 is 0.786 bits per heavy atom. The third-order valence-corrected chi connectivity index (χ3v) is 5.75. The van der Waals surface area contributed by atoms with E-state index in [2.05, 4.69) is 30.3 Å². The number of hydrogen-bond acceptors (Lipinski definition) is 2. The molecule has 1 aliphatic heterocycles. The summed E-state index contributed by atoms with van der Waals surface area (Å²) in [5.74, 6) is 0.107. The molecule has 138 valence electrons. The van der Waals surface area contributed by atoms with E-state index in [1.54, 1.807) is 0 Å². The van der Waals surface area contributed by atoms with Crippen LogP contribution in [0.4, 0.5) is 5.69 Å². The quantitative estimate of drug-likeness (QED) is 0.587. The van der Waals surface area contributed by atoms with Crippen LogP contribution in [-0.4, -0.2) is 17.7 Å². The predicted molar refractivity (Wildman–Crippen MR) is 113 cm³/mol. The Kier molecular flexibility index (Phi) is 4.28. The number of benzene rings is 3. The van der Waals surface area contributed by atoms with Crippen LogP contribution in [0.2, 0.25) is 0 Å². The molecule has 0 spiro atoms. The summed E-state index contributed by atoms with van der Waals surface area (Å²) in [5, 5.41) is 0. The van der Waals surface area contributed by atoms with Gasteiger partial charge in [0.05, 0.1) is 5.71 Å². The van der Waals surface area contributed by atoms with Crippen LogP contribution in [0, 0.1) is 0 Å². The van der Waals surface area contributed by atoms with Crippen molar-refractivity contribution in [3.8, 4) is 0 Å². The number of nitrogens with zero attached hydrogens (tertiary/aromatic N) is 2. The van der Waals surface area contributed by atoms with Crippen LogP contribution in [0.3, 0.4) is 0 Å². The molecule has 3 aromatic rings. The summed E-state index contributed by atoms with van der Waals surface area (Å²) in [7, 11) is 0. The van der Waals surface area contributed by atoms with Crippen molar-refractivity contribution >= 4 is 17.3 Å². The van der Waals surface area contributed by atoms with Crippen LogP contribution in [0.25, 0.3) is 0 Å². The number of para-hydroxylation sites is 1. The second-order valence-electron chi connectivity index (χ2n) is 7.46. The maximum atomic E-state index is 13.4. The average molecular weight is 366 g/mol. The standard InChI is InChI=1S/C25H22N2O/c28-25-24(21-16-7-8-17-22(21)27(25)20-14-9-15-20)26-23(18-10-3-1-4-11-18)19-12-5-2-6-13-19/h1-8,10-13,16-17,20,24H,9,14-15H2. The predicted octanol–water partition coefficient (Wildman–Crippen LogP) is 5.16. The van der Waals surface area contributed by atoms with Crippen LogP contribution in [0.1, 0.15) is 42.0 Å². The molecule has 3 heteroatoms. The molecule has 0 bridgehead atoms. The minimum absolute atomic E-state index is 0.107. The van der Waals surface area contributed by atoms with Gasteiger partial charge >= 0.3 is 0 Å². The molecular weight excluding hydrogens is 344 g/mol. The Balaban J connectivity index is 1.63. The zero-order valence-electron chi connectivity index (χ0n) is 15.7. The summed E-state index contributed by atoms with van der Waals surface area (Å²) in [6.45, 7) is 0. The second-order valence-corrected chi connectivity index (χ2v) is 7.46. The van der Waals surface area contributed by atoms with Gasteiger partial charge in [-0.25, -0.2) is 0 Å². The van der Waals surface area contributed by atoms with E-state index in [0.29, 0.717) is 6.04 Å². The fourth-order valence-electron chi connectivity index (χ4n) is 4.10. The van der Waals surface area contributed by atoms with Gasteiger partial charge in [-0.3, -0.25) is 9.79 Å². The third kappa shape index (κ3) is 2.84. The van der Waals surface area contributed by atoms with Crippen molar-refractivity contribution in [2.24, 2.45) is 4.99 Å². The highest BCUT2D eigenvalue weighted by atomic mass is 16.2. The largest absolute Gasteiger partial charge is 0.307 e. The van der Waals surface area contributed by atoms with E-state index in [1.807, 2.05) is 59.5 Å². The normalized spacial score (nSPS) is 18.5. The lowest BCUT2D eigenvalue weighted by Gasteiger charge is -2.35. The molecule has 5 rings (SSSR count). The lowest BCUT2D eigenvalue weighted by Crippen LogP contribution is -2.42. The highest BCUT2D eigenvalue weighted by Gasteiger charge is 2.42. The Hall–Kier alpha value is -3.20. The molecule has 0 saturated heterocycles. The first-order valence-electron chi connectivity index (χ1n) is 9.93. The summed E-state index contributed by atoms with van der Waals surface area (Å²) in [6.07, 6.45) is 3.37. The van der Waals surface area contributed by atoms with Crippen molar-refractivity contribution in [2.75, 3.05) is 4.90 Å². The van der Waals surface area contributed by atoms with Crippen molar-refractivity contribution in [1.29, 1.82) is 0 Å². The van der Waals surface area contributed by atoms with Crippen molar-refractivity contribution in [3.63, 3.8) is 0 Å². The van der Waals surface area contributed by atoms with Gasteiger partial charge in [0.1, 0.15) is 0 Å². The number of amides is 1. The van der Waals surface area contributed by atoms with E-state index >= 15 is 0 Å². The summed E-state index contributed by atoms with van der Waals surface area (Å²) >= 11 is 0. The topological polar surface area (TPSA) is 32.7 Å². The molecule has 3 aromatic carbocycles. The van der Waals surface area contributed by atoms with Crippen molar-refractivity contribution in [3.05, 3.63) is 102 Å². The molecule has 1 aliphatic carbocycles. The zero-order chi connectivity index (χ0) is 18.9. The Morgan fingerprint density at radius 3 is 1.93 bits per heavy atom. The number of carbonyl (C=O) groups excluding carboxylic acids is 1. The second kappa shape index (κ2) is 7.08. The van der Waals surface area contributed by atoms with Crippen molar-refractivity contribution in [1.82, 2.24) is 0 Å². The maximum Gasteiger partial charge on any atom is 0.256 e. The van der Waals surface area contributed by atoms with Gasteiger partial charge in [0.25, 0.3) is 5.91 Å². The van der Waals surface area contributed by atoms with Gasteiger partial charge in [-0.05, 0) is 25.3 Å². The minimum atomic E-state index is -0.479. The number of carbonyl (C=O) groups is 1. The molecule has 1 fully saturated rings. The molecule has 1 saturated carbocycles. The van der Waals surface area contributed by atoms with Gasteiger partial charge in [0.2, 0.25) is 0 Å². The first-order valence-corrected chi connectivity index (χ1v) is 9.93. The third-order valence-electron chi connectivity index (χ3n) is 5.75. The molecular formula is C25H22N2O. The number of hydrogen-bond donors (Lipinski definition) is 0. The van der Waals surface area contributed by atoms with E-state index in [4.69, 9.17) is 4.99 Å². The molecule has 0 aromatic heterocycles. The van der Waals surface area contributed by atoms with Gasteiger partial charge in [-0.2, -0.15) is 0 Å². The summed E-state index contributed by atoms with van der Waals surface area (Å²) in [4.78, 5) is 20.5. The Bertz CT molecular complexity index is 981. The van der Waals surface area contributed by atoms with Crippen molar-refractivity contribution < 1.29 is 4.79 Å². The van der Waals surface area contributed by atoms with Crippen LogP contribution in [-0.2, 0) is 4.79 Å². The smallest absolute Gasteiger partial charge is 0.256 e. The van der Waals surface area contributed by atoms with Crippen LogP contribution in [0.5, 0.6) is 0 Å². The fraction of sp³-hybridized carbons (Fsp3) is 0.200. The monoisotopic (exact) mass is 366 g/mol. The molecule has 1 amide bonds. The van der Waals surface area contributed by atoms with E-state index in [-0.39, 0.29) is 5.91 Å². The van der Waals surface area contributed by atoms with Gasteiger partial charge in [-0.1, -0.05) is 78.9 Å². The van der Waals surface area contributed by atoms with E-state index in [9.17, 15) is 4.79 Å². The molecule has 3 nitrogen and oxygen atoms in total. The molecule has 1 unspecified atom stereocenters. The highest BCUT2D eigenvalue weighted by molar-refractivity contribution is 6.15. The molecule has 28 heavy (non-hydrogen) atoms. The number of fused-ring (bicyclic) bond motifs is 1. The van der Waals surface area contributed by atoms with Gasteiger partial charge < -0.3 is 4.90 Å². The molecule has 1 atom stereocenters. The van der Waals surface area contributed by atoms with Crippen LogP contribution in [0.15, 0.2) is 89.9 Å². The number of rotatable bonds is 4. The summed E-state index contributed by atoms with van der Waals surface area (Å²) < 4.78 is 0. The van der Waals surface area contributed by atoms with Gasteiger partial charge in [-0.15, -0.1) is 0 Å². The maximum absolute atomic E-state index is 13.4. The lowest BCUT2D eigenvalue weighted by atomic mass is 9.91. The summed E-state index contributed by atoms with van der Waals surface area (Å²) in [5.41, 5.74) is 4.97. The zero-order valence-corrected chi connectivity index (χ0v) is 15.7. The Labute approximate surface area is 165 Å². The Morgan fingerprint density at radius 2 is 1.36 bits per heavy atom. The minimum Gasteiger partial charge on any atom is -0.307 e. The highest BCUT2D eigenvalue weighted by Crippen LogP contribution is 2.43. The SMILES string of the molecule is O=C1C(N=C(c2ccccc2)c2ccccc2)c2ccccc2N1C1CCC1.